The lowest BCUT2D eigenvalue weighted by Crippen LogP contribution is -2.35. The molecule has 1 fully saturated rings. The van der Waals surface area contributed by atoms with Crippen LogP contribution in [0.4, 0.5) is 4.39 Å². The van der Waals surface area contributed by atoms with Crippen molar-refractivity contribution in [3.05, 3.63) is 72.2 Å². The fraction of sp³-hybridized carbons (Fsp3) is 0.364. The number of benzene rings is 1. The van der Waals surface area contributed by atoms with E-state index in [2.05, 4.69) is 27.4 Å². The Morgan fingerprint density at radius 2 is 2.07 bits per heavy atom. The van der Waals surface area contributed by atoms with Gasteiger partial charge in [-0.1, -0.05) is 18.2 Å². The molecule has 0 bridgehead atoms. The normalized spacial score (nSPS) is 17.9. The van der Waals surface area contributed by atoms with Gasteiger partial charge < -0.3 is 4.57 Å². The van der Waals surface area contributed by atoms with Crippen molar-refractivity contribution in [2.45, 2.75) is 38.8 Å². The number of likely N-dealkylation sites (tertiary alicyclic amines) is 1. The third kappa shape index (κ3) is 4.08. The molecular weight excluding hydrogens is 339 g/mol. The Hall–Kier alpha value is -2.53. The minimum atomic E-state index is -0.227. The number of rotatable bonds is 5. The quantitative estimate of drug-likeness (QED) is 0.669. The summed E-state index contributed by atoms with van der Waals surface area (Å²) in [6, 6.07) is 12.7. The van der Waals surface area contributed by atoms with Gasteiger partial charge in [-0.3, -0.25) is 9.88 Å². The maximum Gasteiger partial charge on any atom is 0.123 e. The molecule has 0 spiro atoms. The van der Waals surface area contributed by atoms with E-state index in [-0.39, 0.29) is 5.82 Å². The van der Waals surface area contributed by atoms with E-state index in [1.54, 1.807) is 12.1 Å². The van der Waals surface area contributed by atoms with E-state index in [0.717, 1.165) is 61.8 Å². The predicted octanol–water partition coefficient (Wildman–Crippen LogP) is 4.48. The first-order valence-electron chi connectivity index (χ1n) is 9.68. The molecule has 5 heteroatoms. The van der Waals surface area contributed by atoms with Crippen LogP contribution in [-0.4, -0.2) is 32.5 Å². The summed E-state index contributed by atoms with van der Waals surface area (Å²) < 4.78 is 15.8. The maximum absolute atomic E-state index is 13.6. The molecule has 1 aliphatic heterocycles. The molecule has 1 saturated heterocycles. The van der Waals surface area contributed by atoms with E-state index in [4.69, 9.17) is 4.98 Å². The first-order valence-corrected chi connectivity index (χ1v) is 9.68. The molecule has 27 heavy (non-hydrogen) atoms. The van der Waals surface area contributed by atoms with Crippen LogP contribution in [0.1, 0.15) is 37.2 Å². The third-order valence-corrected chi connectivity index (χ3v) is 5.32. The van der Waals surface area contributed by atoms with Gasteiger partial charge in [0.25, 0.3) is 0 Å². The van der Waals surface area contributed by atoms with Gasteiger partial charge in [0.1, 0.15) is 11.6 Å². The SMILES string of the molecule is CCn1ccnc1CN1CCC[C@@H](c2cccc(-c3cccc(F)c3)n2)C1. The fourth-order valence-corrected chi connectivity index (χ4v) is 3.91. The number of pyridine rings is 1. The number of halogens is 1. The van der Waals surface area contributed by atoms with E-state index in [9.17, 15) is 4.39 Å². The zero-order chi connectivity index (χ0) is 18.6. The number of hydrogen-bond acceptors (Lipinski definition) is 3. The molecule has 3 heterocycles. The summed E-state index contributed by atoms with van der Waals surface area (Å²) in [6.07, 6.45) is 6.22. The number of imidazole rings is 1. The Kier molecular flexibility index (Phi) is 5.30. The summed E-state index contributed by atoms with van der Waals surface area (Å²) >= 11 is 0. The van der Waals surface area contributed by atoms with Crippen LogP contribution in [0.2, 0.25) is 0 Å². The molecule has 140 valence electrons. The Morgan fingerprint density at radius 1 is 1.19 bits per heavy atom. The second kappa shape index (κ2) is 8.01. The number of aromatic nitrogens is 3. The van der Waals surface area contributed by atoms with Crippen LogP contribution in [0.25, 0.3) is 11.3 Å². The van der Waals surface area contributed by atoms with Crippen LogP contribution in [0.5, 0.6) is 0 Å². The Balaban J connectivity index is 1.50. The highest BCUT2D eigenvalue weighted by Gasteiger charge is 2.23. The van der Waals surface area contributed by atoms with Crippen LogP contribution in [0, 0.1) is 5.82 Å². The molecule has 4 nitrogen and oxygen atoms in total. The molecule has 0 saturated carbocycles. The minimum absolute atomic E-state index is 0.227. The number of piperidine rings is 1. The van der Waals surface area contributed by atoms with E-state index < -0.39 is 0 Å². The average Bonchev–Trinajstić information content (AvgIpc) is 3.15. The van der Waals surface area contributed by atoms with Crippen molar-refractivity contribution in [2.24, 2.45) is 0 Å². The highest BCUT2D eigenvalue weighted by Crippen LogP contribution is 2.28. The van der Waals surface area contributed by atoms with Gasteiger partial charge in [-0.25, -0.2) is 9.37 Å². The van der Waals surface area contributed by atoms with Crippen LogP contribution in [-0.2, 0) is 13.1 Å². The van der Waals surface area contributed by atoms with Crippen molar-refractivity contribution in [1.29, 1.82) is 0 Å². The van der Waals surface area contributed by atoms with E-state index >= 15 is 0 Å². The highest BCUT2D eigenvalue weighted by molar-refractivity contribution is 5.59. The first-order chi connectivity index (χ1) is 13.2. The molecule has 0 amide bonds. The van der Waals surface area contributed by atoms with Gasteiger partial charge in [-0.15, -0.1) is 0 Å². The van der Waals surface area contributed by atoms with E-state index in [1.165, 1.54) is 6.07 Å². The van der Waals surface area contributed by atoms with Crippen LogP contribution in [0.3, 0.4) is 0 Å². The van der Waals surface area contributed by atoms with Gasteiger partial charge >= 0.3 is 0 Å². The van der Waals surface area contributed by atoms with Crippen molar-refractivity contribution in [2.75, 3.05) is 13.1 Å². The Labute approximate surface area is 159 Å². The summed E-state index contributed by atoms with van der Waals surface area (Å²) in [5.41, 5.74) is 2.76. The van der Waals surface area contributed by atoms with Crippen molar-refractivity contribution < 1.29 is 4.39 Å². The van der Waals surface area contributed by atoms with E-state index in [0.29, 0.717) is 5.92 Å². The fourth-order valence-electron chi connectivity index (χ4n) is 3.91. The van der Waals surface area contributed by atoms with Gasteiger partial charge in [0.2, 0.25) is 0 Å². The molecule has 2 aromatic heterocycles. The lowest BCUT2D eigenvalue weighted by molar-refractivity contribution is 0.192. The monoisotopic (exact) mass is 364 g/mol. The predicted molar refractivity (Wildman–Crippen MR) is 105 cm³/mol. The van der Waals surface area contributed by atoms with Gasteiger partial charge in [0.05, 0.1) is 12.2 Å². The van der Waals surface area contributed by atoms with E-state index in [1.807, 2.05) is 30.6 Å². The van der Waals surface area contributed by atoms with Gasteiger partial charge in [-0.05, 0) is 50.6 Å². The van der Waals surface area contributed by atoms with Crippen molar-refractivity contribution in [3.8, 4) is 11.3 Å². The molecule has 1 atom stereocenters. The van der Waals surface area contributed by atoms with Crippen molar-refractivity contribution in [1.82, 2.24) is 19.4 Å². The maximum atomic E-state index is 13.6. The molecule has 3 aromatic rings. The molecule has 0 aliphatic carbocycles. The summed E-state index contributed by atoms with van der Waals surface area (Å²) in [5, 5.41) is 0. The van der Waals surface area contributed by atoms with Crippen LogP contribution >= 0.6 is 0 Å². The van der Waals surface area contributed by atoms with Crippen LogP contribution < -0.4 is 0 Å². The highest BCUT2D eigenvalue weighted by atomic mass is 19.1. The number of hydrogen-bond donors (Lipinski definition) is 0. The lowest BCUT2D eigenvalue weighted by atomic mass is 9.94. The summed E-state index contributed by atoms with van der Waals surface area (Å²) in [7, 11) is 0. The summed E-state index contributed by atoms with van der Waals surface area (Å²) in [4.78, 5) is 11.8. The Morgan fingerprint density at radius 3 is 2.93 bits per heavy atom. The minimum Gasteiger partial charge on any atom is -0.334 e. The van der Waals surface area contributed by atoms with Crippen molar-refractivity contribution in [3.63, 3.8) is 0 Å². The van der Waals surface area contributed by atoms with Crippen LogP contribution in [0.15, 0.2) is 54.9 Å². The summed E-state index contributed by atoms with van der Waals surface area (Å²) in [5.74, 6) is 1.30. The molecule has 1 aliphatic rings. The second-order valence-electron chi connectivity index (χ2n) is 7.16. The molecular formula is C22H25FN4. The molecule has 0 radical (unpaired) electrons. The molecule has 4 rings (SSSR count). The zero-order valence-corrected chi connectivity index (χ0v) is 15.7. The standard InChI is InChI=1S/C22H25FN4/c1-2-27-13-11-24-22(27)16-26-12-5-7-18(15-26)21-10-4-9-20(25-21)17-6-3-8-19(23)14-17/h3-4,6,8-11,13-14,18H,2,5,7,12,15-16H2,1H3/t18-/m1/s1. The van der Waals surface area contributed by atoms with Gasteiger partial charge in [-0.2, -0.15) is 0 Å². The van der Waals surface area contributed by atoms with Gasteiger partial charge in [0, 0.05) is 42.7 Å². The first kappa shape index (κ1) is 17.9. The average molecular weight is 364 g/mol. The molecule has 1 aromatic carbocycles. The zero-order valence-electron chi connectivity index (χ0n) is 15.7. The van der Waals surface area contributed by atoms with Crippen molar-refractivity contribution >= 4 is 0 Å². The largest absolute Gasteiger partial charge is 0.334 e. The smallest absolute Gasteiger partial charge is 0.123 e. The topological polar surface area (TPSA) is 34.0 Å². The molecule has 0 N–H and O–H groups in total. The Bertz CT molecular complexity index is 905. The lowest BCUT2D eigenvalue weighted by Gasteiger charge is -2.32. The number of aryl methyl sites for hydroxylation is 1. The third-order valence-electron chi connectivity index (χ3n) is 5.32. The second-order valence-corrected chi connectivity index (χ2v) is 7.16. The molecule has 0 unspecified atom stereocenters. The van der Waals surface area contributed by atoms with Gasteiger partial charge in [0.15, 0.2) is 0 Å². The number of nitrogens with zero attached hydrogens (tertiary/aromatic N) is 4. The summed E-state index contributed by atoms with van der Waals surface area (Å²) in [6.45, 7) is 6.05.